The standard InChI is InChI=1S/C23H22N4OS/c1-2-12-27(16-19-8-6-7-18(14-19)15-24)17-21(28)26-22(23-25-11-13-29-23)20-9-4-3-5-10-20/h2-11,13-14,22H,1,12,16-17H2,(H,26,28). The summed E-state index contributed by atoms with van der Waals surface area (Å²) in [6.45, 7) is 5.14. The molecule has 1 unspecified atom stereocenters. The average Bonchev–Trinajstić information content (AvgIpc) is 3.27. The number of nitrogens with zero attached hydrogens (tertiary/aromatic N) is 3. The van der Waals surface area contributed by atoms with Crippen molar-refractivity contribution in [1.29, 1.82) is 5.26 Å². The lowest BCUT2D eigenvalue weighted by Crippen LogP contribution is -2.39. The van der Waals surface area contributed by atoms with Gasteiger partial charge in [0.2, 0.25) is 5.91 Å². The van der Waals surface area contributed by atoms with Crippen molar-refractivity contribution in [2.75, 3.05) is 13.1 Å². The Kier molecular flexibility index (Phi) is 7.28. The summed E-state index contributed by atoms with van der Waals surface area (Å²) in [7, 11) is 0. The molecular formula is C23H22N4OS. The summed E-state index contributed by atoms with van der Waals surface area (Å²) < 4.78 is 0. The zero-order chi connectivity index (χ0) is 20.5. The molecular weight excluding hydrogens is 380 g/mol. The number of hydrogen-bond acceptors (Lipinski definition) is 5. The maximum Gasteiger partial charge on any atom is 0.235 e. The van der Waals surface area contributed by atoms with Crippen molar-refractivity contribution in [3.8, 4) is 6.07 Å². The molecule has 2 aromatic carbocycles. The summed E-state index contributed by atoms with van der Waals surface area (Å²) >= 11 is 1.52. The molecule has 6 heteroatoms. The predicted molar refractivity (Wildman–Crippen MR) is 115 cm³/mol. The van der Waals surface area contributed by atoms with E-state index >= 15 is 0 Å². The predicted octanol–water partition coefficient (Wildman–Crippen LogP) is 3.91. The lowest BCUT2D eigenvalue weighted by Gasteiger charge is -2.23. The van der Waals surface area contributed by atoms with Crippen LogP contribution in [0, 0.1) is 11.3 Å². The quantitative estimate of drug-likeness (QED) is 0.551. The number of hydrogen-bond donors (Lipinski definition) is 1. The van der Waals surface area contributed by atoms with Crippen LogP contribution in [0.3, 0.4) is 0 Å². The number of nitrogens with one attached hydrogen (secondary N) is 1. The van der Waals surface area contributed by atoms with Gasteiger partial charge in [0, 0.05) is 24.7 Å². The van der Waals surface area contributed by atoms with Crippen molar-refractivity contribution >= 4 is 17.2 Å². The molecule has 0 aliphatic carbocycles. The molecule has 0 spiro atoms. The van der Waals surface area contributed by atoms with Crippen LogP contribution in [-0.2, 0) is 11.3 Å². The van der Waals surface area contributed by atoms with E-state index in [9.17, 15) is 4.79 Å². The number of benzene rings is 2. The number of nitriles is 1. The summed E-state index contributed by atoms with van der Waals surface area (Å²) in [6, 6.07) is 19.1. The number of aromatic nitrogens is 1. The van der Waals surface area contributed by atoms with Crippen molar-refractivity contribution < 1.29 is 4.79 Å². The fourth-order valence-corrected chi connectivity index (χ4v) is 3.80. The zero-order valence-electron chi connectivity index (χ0n) is 16.0. The summed E-state index contributed by atoms with van der Waals surface area (Å²) in [5, 5.41) is 15.0. The first-order valence-corrected chi connectivity index (χ1v) is 10.1. The van der Waals surface area contributed by atoms with Gasteiger partial charge in [-0.1, -0.05) is 48.5 Å². The lowest BCUT2D eigenvalue weighted by atomic mass is 10.1. The van der Waals surface area contributed by atoms with Gasteiger partial charge in [-0.05, 0) is 23.3 Å². The van der Waals surface area contributed by atoms with E-state index in [1.807, 2.05) is 58.8 Å². The van der Waals surface area contributed by atoms with Crippen LogP contribution in [0.25, 0.3) is 0 Å². The van der Waals surface area contributed by atoms with Crippen LogP contribution in [0.5, 0.6) is 0 Å². The van der Waals surface area contributed by atoms with E-state index in [4.69, 9.17) is 5.26 Å². The number of carbonyl (C=O) groups excluding carboxylic acids is 1. The Morgan fingerprint density at radius 3 is 2.79 bits per heavy atom. The monoisotopic (exact) mass is 402 g/mol. The van der Waals surface area contributed by atoms with Gasteiger partial charge < -0.3 is 5.32 Å². The summed E-state index contributed by atoms with van der Waals surface area (Å²) in [6.07, 6.45) is 3.52. The molecule has 1 atom stereocenters. The first-order chi connectivity index (χ1) is 14.2. The number of rotatable bonds is 9. The third-order valence-corrected chi connectivity index (χ3v) is 5.19. The van der Waals surface area contributed by atoms with Gasteiger partial charge >= 0.3 is 0 Å². The van der Waals surface area contributed by atoms with Gasteiger partial charge in [-0.3, -0.25) is 9.69 Å². The fraction of sp³-hybridized carbons (Fsp3) is 0.174. The zero-order valence-corrected chi connectivity index (χ0v) is 16.8. The highest BCUT2D eigenvalue weighted by Gasteiger charge is 2.20. The van der Waals surface area contributed by atoms with Crippen LogP contribution < -0.4 is 5.32 Å². The van der Waals surface area contributed by atoms with E-state index in [1.165, 1.54) is 11.3 Å². The van der Waals surface area contributed by atoms with Crippen molar-refractivity contribution in [1.82, 2.24) is 15.2 Å². The van der Waals surface area contributed by atoms with E-state index in [0.717, 1.165) is 16.1 Å². The van der Waals surface area contributed by atoms with Gasteiger partial charge in [-0.25, -0.2) is 4.98 Å². The maximum absolute atomic E-state index is 12.9. The highest BCUT2D eigenvalue weighted by molar-refractivity contribution is 7.09. The molecule has 1 N–H and O–H groups in total. The Bertz CT molecular complexity index is 980. The Morgan fingerprint density at radius 1 is 1.28 bits per heavy atom. The van der Waals surface area contributed by atoms with Crippen molar-refractivity contribution in [2.24, 2.45) is 0 Å². The van der Waals surface area contributed by atoms with E-state index in [1.54, 1.807) is 18.3 Å². The Labute approximate surface area is 174 Å². The number of carbonyl (C=O) groups is 1. The number of thiazole rings is 1. The maximum atomic E-state index is 12.9. The van der Waals surface area contributed by atoms with Crippen molar-refractivity contribution in [3.63, 3.8) is 0 Å². The molecule has 3 rings (SSSR count). The van der Waals surface area contributed by atoms with Crippen LogP contribution >= 0.6 is 11.3 Å². The SMILES string of the molecule is C=CCN(CC(=O)NC(c1ccccc1)c1nccs1)Cc1cccc(C#N)c1. The summed E-state index contributed by atoms with van der Waals surface area (Å²) in [5.74, 6) is -0.0904. The molecule has 0 radical (unpaired) electrons. The molecule has 1 aromatic heterocycles. The molecule has 0 fully saturated rings. The van der Waals surface area contributed by atoms with Crippen LogP contribution in [0.2, 0.25) is 0 Å². The van der Waals surface area contributed by atoms with Crippen molar-refractivity contribution in [3.05, 3.63) is 101 Å². The minimum Gasteiger partial charge on any atom is -0.342 e. The van der Waals surface area contributed by atoms with Crippen LogP contribution in [0.4, 0.5) is 0 Å². The Balaban J connectivity index is 1.71. The number of amides is 1. The highest BCUT2D eigenvalue weighted by Crippen LogP contribution is 2.23. The van der Waals surface area contributed by atoms with E-state index in [0.29, 0.717) is 18.7 Å². The highest BCUT2D eigenvalue weighted by atomic mass is 32.1. The normalized spacial score (nSPS) is 11.6. The molecule has 29 heavy (non-hydrogen) atoms. The average molecular weight is 403 g/mol. The first-order valence-electron chi connectivity index (χ1n) is 9.25. The topological polar surface area (TPSA) is 69.0 Å². The van der Waals surface area contributed by atoms with Gasteiger partial charge in [0.1, 0.15) is 11.0 Å². The van der Waals surface area contributed by atoms with E-state index in [2.05, 4.69) is 22.9 Å². The second-order valence-corrected chi connectivity index (χ2v) is 7.48. The molecule has 0 saturated heterocycles. The molecule has 146 valence electrons. The van der Waals surface area contributed by atoms with E-state index < -0.39 is 0 Å². The third-order valence-electron chi connectivity index (χ3n) is 4.35. The molecule has 3 aromatic rings. The smallest absolute Gasteiger partial charge is 0.235 e. The fourth-order valence-electron chi connectivity index (χ4n) is 3.08. The second-order valence-electron chi connectivity index (χ2n) is 6.55. The van der Waals surface area contributed by atoms with Crippen LogP contribution in [0.15, 0.2) is 78.8 Å². The molecule has 0 bridgehead atoms. The lowest BCUT2D eigenvalue weighted by molar-refractivity contribution is -0.122. The molecule has 1 heterocycles. The Morgan fingerprint density at radius 2 is 2.10 bits per heavy atom. The van der Waals surface area contributed by atoms with Crippen LogP contribution in [-0.4, -0.2) is 28.9 Å². The Hall–Kier alpha value is -3.27. The largest absolute Gasteiger partial charge is 0.342 e. The second kappa shape index (κ2) is 10.3. The van der Waals surface area contributed by atoms with Crippen molar-refractivity contribution in [2.45, 2.75) is 12.6 Å². The van der Waals surface area contributed by atoms with Gasteiger partial charge in [0.05, 0.1) is 18.2 Å². The summed E-state index contributed by atoms with van der Waals surface area (Å²) in [5.41, 5.74) is 2.59. The molecule has 5 nitrogen and oxygen atoms in total. The van der Waals surface area contributed by atoms with Gasteiger partial charge in [0.25, 0.3) is 0 Å². The van der Waals surface area contributed by atoms with Crippen LogP contribution in [0.1, 0.15) is 27.7 Å². The van der Waals surface area contributed by atoms with Gasteiger partial charge in [0.15, 0.2) is 0 Å². The van der Waals surface area contributed by atoms with Gasteiger partial charge in [-0.15, -0.1) is 17.9 Å². The first kappa shape index (κ1) is 20.5. The minimum absolute atomic E-state index is 0.0904. The minimum atomic E-state index is -0.281. The van der Waals surface area contributed by atoms with E-state index in [-0.39, 0.29) is 18.5 Å². The summed E-state index contributed by atoms with van der Waals surface area (Å²) in [4.78, 5) is 19.2. The molecule has 0 aliphatic heterocycles. The molecule has 0 aliphatic rings. The molecule has 0 saturated carbocycles. The molecule has 1 amide bonds. The van der Waals surface area contributed by atoms with Gasteiger partial charge in [-0.2, -0.15) is 5.26 Å². The third kappa shape index (κ3) is 5.85.